The van der Waals surface area contributed by atoms with Crippen LogP contribution in [0.5, 0.6) is 5.75 Å². The van der Waals surface area contributed by atoms with E-state index < -0.39 is 5.97 Å². The van der Waals surface area contributed by atoms with Crippen LogP contribution in [0.25, 0.3) is 10.9 Å². The Labute approximate surface area is 115 Å². The third-order valence-electron chi connectivity index (χ3n) is 2.72. The molecule has 0 aliphatic carbocycles. The molecular weight excluding hydrogens is 260 g/mol. The van der Waals surface area contributed by atoms with E-state index in [1.807, 2.05) is 0 Å². The number of hydrogen-bond acceptors (Lipinski definition) is 4. The van der Waals surface area contributed by atoms with Crippen molar-refractivity contribution < 1.29 is 19.4 Å². The van der Waals surface area contributed by atoms with E-state index in [0.29, 0.717) is 27.9 Å². The zero-order chi connectivity index (χ0) is 14.7. The molecule has 0 aliphatic rings. The number of hydrogen-bond donors (Lipinski definition) is 2. The molecule has 6 nitrogen and oxygen atoms in total. The summed E-state index contributed by atoms with van der Waals surface area (Å²) in [6, 6.07) is 5.12. The van der Waals surface area contributed by atoms with Crippen molar-refractivity contribution in [1.82, 2.24) is 4.98 Å². The van der Waals surface area contributed by atoms with Crippen molar-refractivity contribution in [2.45, 2.75) is 13.3 Å². The fraction of sp³-hybridized carbons (Fsp3) is 0.214. The Balaban J connectivity index is 2.52. The molecule has 1 aromatic carbocycles. The van der Waals surface area contributed by atoms with Crippen LogP contribution in [0, 0.1) is 0 Å². The highest BCUT2D eigenvalue weighted by atomic mass is 16.5. The van der Waals surface area contributed by atoms with E-state index in [1.165, 1.54) is 20.2 Å². The highest BCUT2D eigenvalue weighted by Gasteiger charge is 2.09. The largest absolute Gasteiger partial charge is 0.496 e. The van der Waals surface area contributed by atoms with Gasteiger partial charge in [0.15, 0.2) is 0 Å². The molecule has 2 N–H and O–H groups in total. The Kier molecular flexibility index (Phi) is 3.84. The first-order valence-corrected chi connectivity index (χ1v) is 5.95. The number of anilines is 1. The smallest absolute Gasteiger partial charge is 0.307 e. The zero-order valence-electron chi connectivity index (χ0n) is 11.1. The number of benzene rings is 1. The fourth-order valence-corrected chi connectivity index (χ4v) is 1.95. The number of fused-ring (bicyclic) bond motifs is 1. The number of nitrogens with one attached hydrogen (secondary N) is 1. The number of methoxy groups -OCH3 is 1. The molecule has 0 fully saturated rings. The fourth-order valence-electron chi connectivity index (χ4n) is 1.95. The van der Waals surface area contributed by atoms with Crippen LogP contribution >= 0.6 is 0 Å². The van der Waals surface area contributed by atoms with Gasteiger partial charge in [-0.25, -0.2) is 0 Å². The maximum absolute atomic E-state index is 11.1. The Morgan fingerprint density at radius 2 is 2.10 bits per heavy atom. The van der Waals surface area contributed by atoms with Crippen LogP contribution < -0.4 is 10.1 Å². The second-order valence-corrected chi connectivity index (χ2v) is 4.34. The van der Waals surface area contributed by atoms with Crippen LogP contribution in [-0.4, -0.2) is 29.1 Å². The molecule has 1 aromatic heterocycles. The molecule has 0 unspecified atom stereocenters. The van der Waals surface area contributed by atoms with E-state index in [1.54, 1.807) is 18.2 Å². The van der Waals surface area contributed by atoms with Gasteiger partial charge in [-0.2, -0.15) is 0 Å². The van der Waals surface area contributed by atoms with Gasteiger partial charge < -0.3 is 15.2 Å². The molecule has 0 saturated heterocycles. The minimum atomic E-state index is -0.917. The molecule has 0 spiro atoms. The summed E-state index contributed by atoms with van der Waals surface area (Å²) in [5, 5.41) is 12.2. The third kappa shape index (κ3) is 3.03. The van der Waals surface area contributed by atoms with Gasteiger partial charge in [-0.05, 0) is 17.7 Å². The molecule has 2 rings (SSSR count). The van der Waals surface area contributed by atoms with E-state index in [2.05, 4.69) is 10.3 Å². The molecule has 104 valence electrons. The van der Waals surface area contributed by atoms with Crippen LogP contribution in [-0.2, 0) is 16.0 Å². The summed E-state index contributed by atoms with van der Waals surface area (Å²) in [4.78, 5) is 26.0. The highest BCUT2D eigenvalue weighted by molar-refractivity contribution is 5.95. The first-order chi connectivity index (χ1) is 9.49. The minimum absolute atomic E-state index is 0.0977. The molecule has 20 heavy (non-hydrogen) atoms. The van der Waals surface area contributed by atoms with E-state index in [-0.39, 0.29) is 12.3 Å². The lowest BCUT2D eigenvalue weighted by Gasteiger charge is -2.10. The Bertz CT molecular complexity index is 682. The molecule has 0 atom stereocenters. The lowest BCUT2D eigenvalue weighted by atomic mass is 10.1. The van der Waals surface area contributed by atoms with Crippen LogP contribution in [0.2, 0.25) is 0 Å². The summed E-state index contributed by atoms with van der Waals surface area (Å²) < 4.78 is 5.27. The molecule has 0 aliphatic heterocycles. The first kappa shape index (κ1) is 13.8. The van der Waals surface area contributed by atoms with Crippen molar-refractivity contribution in [3.8, 4) is 5.75 Å². The van der Waals surface area contributed by atoms with Gasteiger partial charge in [0, 0.05) is 30.3 Å². The third-order valence-corrected chi connectivity index (χ3v) is 2.72. The van der Waals surface area contributed by atoms with Crippen molar-refractivity contribution in [3.05, 3.63) is 30.0 Å². The number of carbonyl (C=O) groups excluding carboxylic acids is 1. The number of aliphatic carboxylic acids is 1. The summed E-state index contributed by atoms with van der Waals surface area (Å²) in [7, 11) is 1.51. The molecule has 1 heterocycles. The lowest BCUT2D eigenvalue weighted by molar-refractivity contribution is -0.136. The van der Waals surface area contributed by atoms with Gasteiger partial charge in [0.2, 0.25) is 5.91 Å². The summed E-state index contributed by atoms with van der Waals surface area (Å²) in [6.45, 7) is 1.42. The highest BCUT2D eigenvalue weighted by Crippen LogP contribution is 2.29. The number of amides is 1. The molecule has 0 radical (unpaired) electrons. The van der Waals surface area contributed by atoms with E-state index >= 15 is 0 Å². The number of aromatic nitrogens is 1. The molecule has 1 amide bonds. The predicted octanol–water partition coefficient (Wildman–Crippen LogP) is 1.83. The summed E-state index contributed by atoms with van der Waals surface area (Å²) in [5.41, 5.74) is 1.80. The number of nitrogens with zero attached hydrogens (tertiary/aromatic N) is 1. The normalized spacial score (nSPS) is 10.3. The van der Waals surface area contributed by atoms with Gasteiger partial charge in [-0.15, -0.1) is 0 Å². The van der Waals surface area contributed by atoms with Crippen molar-refractivity contribution in [2.75, 3.05) is 12.4 Å². The number of carboxylic acids is 1. The maximum atomic E-state index is 11.1. The van der Waals surface area contributed by atoms with Crippen LogP contribution in [0.15, 0.2) is 24.4 Å². The molecule has 6 heteroatoms. The SMILES string of the molecule is COc1cc(NC(C)=O)cc2ncc(CC(=O)O)cc12. The minimum Gasteiger partial charge on any atom is -0.496 e. The Morgan fingerprint density at radius 1 is 1.35 bits per heavy atom. The second kappa shape index (κ2) is 5.56. The van der Waals surface area contributed by atoms with Crippen molar-refractivity contribution >= 4 is 28.5 Å². The van der Waals surface area contributed by atoms with Crippen molar-refractivity contribution in [2.24, 2.45) is 0 Å². The number of carboxylic acid groups (broad SMARTS) is 1. The van der Waals surface area contributed by atoms with E-state index in [4.69, 9.17) is 9.84 Å². The van der Waals surface area contributed by atoms with Gasteiger partial charge in [0.1, 0.15) is 5.75 Å². The van der Waals surface area contributed by atoms with Gasteiger partial charge in [-0.3, -0.25) is 14.6 Å². The average Bonchev–Trinajstić information content (AvgIpc) is 2.36. The van der Waals surface area contributed by atoms with Gasteiger partial charge >= 0.3 is 5.97 Å². The summed E-state index contributed by atoms with van der Waals surface area (Å²) in [6.07, 6.45) is 1.41. The Morgan fingerprint density at radius 3 is 2.70 bits per heavy atom. The number of ether oxygens (including phenoxy) is 1. The Hall–Kier alpha value is -2.63. The van der Waals surface area contributed by atoms with E-state index in [9.17, 15) is 9.59 Å². The monoisotopic (exact) mass is 274 g/mol. The van der Waals surface area contributed by atoms with Gasteiger partial charge in [0.25, 0.3) is 0 Å². The average molecular weight is 274 g/mol. The number of rotatable bonds is 4. The molecular formula is C14H14N2O4. The standard InChI is InChI=1S/C14H14N2O4/c1-8(17)16-10-5-12-11(13(6-10)20-2)3-9(7-15-12)4-14(18)19/h3,5-7H,4H2,1-2H3,(H,16,17)(H,18,19). The maximum Gasteiger partial charge on any atom is 0.307 e. The second-order valence-electron chi connectivity index (χ2n) is 4.34. The van der Waals surface area contributed by atoms with Crippen LogP contribution in [0.1, 0.15) is 12.5 Å². The van der Waals surface area contributed by atoms with Gasteiger partial charge in [0.05, 0.1) is 19.0 Å². The molecule has 0 saturated carbocycles. The lowest BCUT2D eigenvalue weighted by Crippen LogP contribution is -2.06. The molecule has 2 aromatic rings. The van der Waals surface area contributed by atoms with Crippen LogP contribution in [0.4, 0.5) is 5.69 Å². The first-order valence-electron chi connectivity index (χ1n) is 5.95. The van der Waals surface area contributed by atoms with E-state index in [0.717, 1.165) is 0 Å². The summed E-state index contributed by atoms with van der Waals surface area (Å²) >= 11 is 0. The quantitative estimate of drug-likeness (QED) is 0.888. The van der Waals surface area contributed by atoms with Crippen molar-refractivity contribution in [1.29, 1.82) is 0 Å². The summed E-state index contributed by atoms with van der Waals surface area (Å²) in [5.74, 6) is -0.570. The number of carbonyl (C=O) groups is 2. The topological polar surface area (TPSA) is 88.5 Å². The predicted molar refractivity (Wildman–Crippen MR) is 73.9 cm³/mol. The number of pyridine rings is 1. The van der Waals surface area contributed by atoms with Crippen molar-refractivity contribution in [3.63, 3.8) is 0 Å². The zero-order valence-corrected chi connectivity index (χ0v) is 11.1. The van der Waals surface area contributed by atoms with Gasteiger partial charge in [-0.1, -0.05) is 0 Å². The molecule has 0 bridgehead atoms. The van der Waals surface area contributed by atoms with Crippen LogP contribution in [0.3, 0.4) is 0 Å².